The quantitative estimate of drug-likeness (QED) is 0.176. The molecular formula is C44H43ClN4O16. The number of rotatable bonds is 4. The zero-order valence-corrected chi connectivity index (χ0v) is 35.5. The standard InChI is InChI=1S/C22H21ClN2O8.C22H22N2O8/c1-6-9-7(23)4-5-8(26)11(9)16(27)12-10(6)17(28)14-15(25(2)3)18(29)13(21(24)32)20(31)22(14,33)19(12)30;1-7-8-5-4-6-9(25)11(8)16(26)12-10(7)17(27)14-15(24(2)3)18(28)13(21(23)31)20(30)22(14,32)19(12)29/h4-5,10,14-15,17,26,28-30,33H,1H2,2-3H3,(H2,24,32);4-6,10,14-15,17,25,27-29,32H,1H2,2-3H3,(H2,23,31)/t2*10-,14-,15+,17+,22+/m11/s1. The molecule has 8 rings (SSSR count). The number of Topliss-reactive ketones (excluding diaryl/α,β-unsaturated/α-hetero) is 4. The molecular weight excluding hydrogens is 876 g/mol. The van der Waals surface area contributed by atoms with Gasteiger partial charge in [-0.1, -0.05) is 36.9 Å². The number of nitrogens with two attached hydrogens (primary N) is 2. The predicted octanol–water partition coefficient (Wildman–Crippen LogP) is -0.222. The number of aliphatic hydroxyl groups excluding tert-OH is 6. The molecule has 6 aliphatic carbocycles. The van der Waals surface area contributed by atoms with Crippen LogP contribution in [0.2, 0.25) is 5.02 Å². The summed E-state index contributed by atoms with van der Waals surface area (Å²) in [5.41, 5.74) is 1.59. The molecule has 2 amide bonds. The number of hydrogen-bond acceptors (Lipinski definition) is 18. The van der Waals surface area contributed by atoms with Crippen LogP contribution in [-0.4, -0.2) is 159 Å². The first-order valence-electron chi connectivity index (χ1n) is 19.5. The number of aliphatic hydroxyl groups is 8. The van der Waals surface area contributed by atoms with Crippen molar-refractivity contribution in [3.8, 4) is 11.5 Å². The van der Waals surface area contributed by atoms with E-state index < -0.39 is 151 Å². The van der Waals surface area contributed by atoms with Crippen LogP contribution in [0.5, 0.6) is 11.5 Å². The summed E-state index contributed by atoms with van der Waals surface area (Å²) >= 11 is 6.24. The van der Waals surface area contributed by atoms with Crippen LogP contribution in [0.3, 0.4) is 0 Å². The van der Waals surface area contributed by atoms with Crippen molar-refractivity contribution >= 4 is 57.7 Å². The van der Waals surface area contributed by atoms with Gasteiger partial charge in [0.1, 0.15) is 45.7 Å². The Kier molecular flexibility index (Phi) is 10.9. The van der Waals surface area contributed by atoms with Crippen molar-refractivity contribution in [1.82, 2.24) is 9.80 Å². The number of aromatic hydroxyl groups is 2. The molecule has 14 N–H and O–H groups in total. The summed E-state index contributed by atoms with van der Waals surface area (Å²) in [5.74, 6) is -17.9. The Hall–Kier alpha value is -6.65. The number of halogens is 1. The molecule has 10 atom stereocenters. The largest absolute Gasteiger partial charge is 0.510 e. The number of carbonyl (C=O) groups is 6. The van der Waals surface area contributed by atoms with E-state index in [1.165, 1.54) is 62.3 Å². The average Bonchev–Trinajstić information content (AvgIpc) is 3.21. The Morgan fingerprint density at radius 3 is 1.45 bits per heavy atom. The normalized spacial score (nSPS) is 31.8. The number of phenols is 2. The summed E-state index contributed by atoms with van der Waals surface area (Å²) < 4.78 is 0. The lowest BCUT2D eigenvalue weighted by molar-refractivity contribution is -0.160. The number of benzene rings is 2. The number of phenolic OH excluding ortho intramolecular Hbond substituents is 2. The Bertz CT molecular complexity index is 2790. The molecule has 0 bridgehead atoms. The van der Waals surface area contributed by atoms with E-state index in [1.807, 2.05) is 0 Å². The number of amides is 2. The molecule has 0 radical (unpaired) electrons. The Labute approximate surface area is 372 Å². The Balaban J connectivity index is 0.000000194. The van der Waals surface area contributed by atoms with Gasteiger partial charge in [0.2, 0.25) is 11.6 Å². The lowest BCUT2D eigenvalue weighted by Gasteiger charge is -2.52. The first-order chi connectivity index (χ1) is 30.1. The summed E-state index contributed by atoms with van der Waals surface area (Å²) in [5, 5.41) is 110. The van der Waals surface area contributed by atoms with Crippen molar-refractivity contribution < 1.29 is 79.8 Å². The van der Waals surface area contributed by atoms with Crippen molar-refractivity contribution in [2.75, 3.05) is 28.2 Å². The number of hydrogen-bond donors (Lipinski definition) is 12. The van der Waals surface area contributed by atoms with Gasteiger partial charge in [-0.15, -0.1) is 0 Å². The van der Waals surface area contributed by atoms with Gasteiger partial charge in [0, 0.05) is 22.4 Å². The van der Waals surface area contributed by atoms with Gasteiger partial charge in [-0.05, 0) is 63.1 Å². The smallest absolute Gasteiger partial charge is 0.255 e. The van der Waals surface area contributed by atoms with Gasteiger partial charge in [-0.2, -0.15) is 0 Å². The molecule has 0 heterocycles. The first kappa shape index (κ1) is 46.3. The summed E-state index contributed by atoms with van der Waals surface area (Å²) in [4.78, 5) is 79.5. The molecule has 21 heteroatoms. The minimum Gasteiger partial charge on any atom is -0.510 e. The maximum absolute atomic E-state index is 13.4. The SMILES string of the molecule is C=C1c2c(Cl)ccc(O)c2C(=O)C2=C(O)[C@]3(O)C(=O)C(C(N)=O)=C(O)[C@@H](N(C)C)[C@@H]3[C@@H](O)[C@H]12.C=C1c2cccc(O)c2C(=O)C2=C(O)[C@]3(O)C(=O)C(C(N)=O)=C(O)[C@@H](N(C)C)[C@@H]3[C@@H](O)[C@H]12. The van der Waals surface area contributed by atoms with Crippen LogP contribution < -0.4 is 11.5 Å². The van der Waals surface area contributed by atoms with Gasteiger partial charge in [-0.3, -0.25) is 38.6 Å². The minimum atomic E-state index is -2.97. The second-order valence-corrected chi connectivity index (χ2v) is 17.4. The highest BCUT2D eigenvalue weighted by molar-refractivity contribution is 6.35. The lowest BCUT2D eigenvalue weighted by atomic mass is 9.56. The van der Waals surface area contributed by atoms with E-state index in [4.69, 9.17) is 23.1 Å². The van der Waals surface area contributed by atoms with Crippen LogP contribution in [0.4, 0.5) is 0 Å². The Morgan fingerprint density at radius 2 is 1.03 bits per heavy atom. The molecule has 6 aliphatic rings. The van der Waals surface area contributed by atoms with Crippen molar-refractivity contribution in [1.29, 1.82) is 0 Å². The molecule has 0 fully saturated rings. The second-order valence-electron chi connectivity index (χ2n) is 17.0. The van der Waals surface area contributed by atoms with E-state index in [2.05, 4.69) is 13.2 Å². The van der Waals surface area contributed by atoms with Crippen LogP contribution >= 0.6 is 11.6 Å². The highest BCUT2D eigenvalue weighted by Crippen LogP contribution is 2.57. The summed E-state index contributed by atoms with van der Waals surface area (Å²) in [7, 11) is 5.83. The number of ketones is 4. The highest BCUT2D eigenvalue weighted by Gasteiger charge is 2.69. The second kappa shape index (κ2) is 15.2. The van der Waals surface area contributed by atoms with Crippen molar-refractivity contribution in [2.24, 2.45) is 35.1 Å². The molecule has 0 spiro atoms. The van der Waals surface area contributed by atoms with Gasteiger partial charge in [0.15, 0.2) is 22.8 Å². The maximum Gasteiger partial charge on any atom is 0.255 e. The van der Waals surface area contributed by atoms with E-state index in [9.17, 15) is 79.8 Å². The molecule has 0 aliphatic heterocycles. The van der Waals surface area contributed by atoms with E-state index >= 15 is 0 Å². The van der Waals surface area contributed by atoms with Crippen LogP contribution in [0, 0.1) is 23.7 Å². The monoisotopic (exact) mass is 918 g/mol. The number of nitrogens with zero attached hydrogens (tertiary/aromatic N) is 2. The fourth-order valence-corrected chi connectivity index (χ4v) is 10.8. The molecule has 2 aromatic rings. The van der Waals surface area contributed by atoms with Crippen LogP contribution in [0.25, 0.3) is 11.1 Å². The van der Waals surface area contributed by atoms with Crippen molar-refractivity contribution in [3.05, 3.63) is 116 Å². The van der Waals surface area contributed by atoms with E-state index in [-0.39, 0.29) is 38.4 Å². The molecule has 0 saturated carbocycles. The van der Waals surface area contributed by atoms with E-state index in [0.29, 0.717) is 0 Å². The van der Waals surface area contributed by atoms with Crippen LogP contribution in [0.15, 0.2) is 88.8 Å². The van der Waals surface area contributed by atoms with Crippen molar-refractivity contribution in [3.63, 3.8) is 0 Å². The van der Waals surface area contributed by atoms with Crippen LogP contribution in [-0.2, 0) is 19.2 Å². The zero-order valence-electron chi connectivity index (χ0n) is 34.8. The van der Waals surface area contributed by atoms with E-state index in [1.54, 1.807) is 0 Å². The average molecular weight is 919 g/mol. The zero-order chi connectivity index (χ0) is 48.6. The molecule has 0 aromatic heterocycles. The third-order valence-electron chi connectivity index (χ3n) is 13.3. The molecule has 20 nitrogen and oxygen atoms in total. The summed E-state index contributed by atoms with van der Waals surface area (Å²) in [6.45, 7) is 7.81. The fourth-order valence-electron chi connectivity index (χ4n) is 10.5. The lowest BCUT2D eigenvalue weighted by Crippen LogP contribution is -2.68. The van der Waals surface area contributed by atoms with Gasteiger partial charge in [-0.25, -0.2) is 0 Å². The first-order valence-corrected chi connectivity index (χ1v) is 19.9. The number of carbonyl (C=O) groups excluding carboxylic acids is 6. The van der Waals surface area contributed by atoms with Gasteiger partial charge in [0.05, 0.1) is 58.4 Å². The van der Waals surface area contributed by atoms with Crippen molar-refractivity contribution in [2.45, 2.75) is 35.5 Å². The minimum absolute atomic E-state index is 0.0498. The third-order valence-corrected chi connectivity index (χ3v) is 13.6. The highest BCUT2D eigenvalue weighted by atomic mass is 35.5. The molecule has 342 valence electrons. The van der Waals surface area contributed by atoms with Gasteiger partial charge in [0.25, 0.3) is 11.8 Å². The molecule has 2 aromatic carbocycles. The Morgan fingerprint density at radius 1 is 0.631 bits per heavy atom. The van der Waals surface area contributed by atoms with Gasteiger partial charge < -0.3 is 62.5 Å². The topological polar surface area (TPSA) is 363 Å². The summed E-state index contributed by atoms with van der Waals surface area (Å²) in [6, 6.07) is 4.06. The number of likely N-dealkylation sites (N-methyl/N-ethyl adjacent to an activating group) is 2. The molecule has 65 heavy (non-hydrogen) atoms. The number of fused-ring (bicyclic) bond motifs is 6. The fraction of sp³-hybridized carbons (Fsp3) is 0.318. The third kappa shape index (κ3) is 5.91. The number of primary amides is 2. The van der Waals surface area contributed by atoms with Gasteiger partial charge >= 0.3 is 0 Å². The molecule has 0 saturated heterocycles. The molecule has 0 unspecified atom stereocenters. The predicted molar refractivity (Wildman–Crippen MR) is 226 cm³/mol. The van der Waals surface area contributed by atoms with Crippen LogP contribution in [0.1, 0.15) is 31.8 Å². The summed E-state index contributed by atoms with van der Waals surface area (Å²) in [6.07, 6.45) is -3.44. The van der Waals surface area contributed by atoms with E-state index in [0.717, 1.165) is 6.07 Å². The maximum atomic E-state index is 13.4.